The molecule has 0 aromatic heterocycles. The van der Waals surface area contributed by atoms with Gasteiger partial charge in [0.2, 0.25) is 6.41 Å². The zero-order valence-electron chi connectivity index (χ0n) is 9.48. The predicted molar refractivity (Wildman–Crippen MR) is 56.6 cm³/mol. The van der Waals surface area contributed by atoms with Gasteiger partial charge >= 0.3 is 0 Å². The number of hydrogen-bond acceptors (Lipinski definition) is 3. The molecule has 0 aliphatic rings. The van der Waals surface area contributed by atoms with Gasteiger partial charge in [-0.2, -0.15) is 5.10 Å². The van der Waals surface area contributed by atoms with Gasteiger partial charge in [-0.15, -0.1) is 0 Å². The van der Waals surface area contributed by atoms with Gasteiger partial charge in [-0.05, 0) is 13.8 Å². The minimum Gasteiger partial charge on any atom is -0.302 e. The van der Waals surface area contributed by atoms with E-state index in [1.807, 2.05) is 27.7 Å². The van der Waals surface area contributed by atoms with Crippen molar-refractivity contribution in [2.24, 2.45) is 5.10 Å². The highest BCUT2D eigenvalue weighted by molar-refractivity contribution is 5.72. The van der Waals surface area contributed by atoms with E-state index in [1.165, 1.54) is 11.2 Å². The van der Waals surface area contributed by atoms with Crippen molar-refractivity contribution in [3.05, 3.63) is 0 Å². The summed E-state index contributed by atoms with van der Waals surface area (Å²) in [6.45, 7) is 7.85. The quantitative estimate of drug-likeness (QED) is 0.288. The topological polar surface area (TPSA) is 35.9 Å². The Morgan fingerprint density at radius 1 is 1.23 bits per heavy atom. The summed E-state index contributed by atoms with van der Waals surface area (Å²) >= 11 is 0. The number of hydrogen-bond donors (Lipinski definition) is 0. The summed E-state index contributed by atoms with van der Waals surface area (Å²) in [5.74, 6) is 0. The number of carbonyl (C=O) groups excluding carboxylic acids is 1. The highest BCUT2D eigenvalue weighted by Gasteiger charge is 2.01. The van der Waals surface area contributed by atoms with Crippen molar-refractivity contribution in [2.45, 2.75) is 33.7 Å². The molecule has 0 radical (unpaired) electrons. The number of carbonyl (C=O) groups is 1. The second-order valence-electron chi connectivity index (χ2n) is 2.72. The Labute approximate surface area is 81.2 Å². The fourth-order valence-electron chi connectivity index (χ4n) is 0.445. The van der Waals surface area contributed by atoms with Gasteiger partial charge in [0.15, 0.2) is 0 Å². The van der Waals surface area contributed by atoms with Crippen LogP contribution in [0.1, 0.15) is 27.7 Å². The minimum absolute atomic E-state index is 0.163. The first-order chi connectivity index (χ1) is 6.07. The van der Waals surface area contributed by atoms with Crippen LogP contribution in [0.3, 0.4) is 0 Å². The van der Waals surface area contributed by atoms with Crippen molar-refractivity contribution in [2.75, 3.05) is 14.1 Å². The van der Waals surface area contributed by atoms with E-state index < -0.39 is 0 Å². The number of hydrazone groups is 1. The summed E-state index contributed by atoms with van der Waals surface area (Å²) < 4.78 is 0. The summed E-state index contributed by atoms with van der Waals surface area (Å²) in [4.78, 5) is 11.9. The maximum Gasteiger partial charge on any atom is 0.215 e. The van der Waals surface area contributed by atoms with Crippen molar-refractivity contribution in [3.63, 3.8) is 0 Å². The molecule has 0 bridgehead atoms. The summed E-state index contributed by atoms with van der Waals surface area (Å²) in [6, 6.07) is 0.163. The Bertz CT molecular complexity index is 144. The second-order valence-corrected chi connectivity index (χ2v) is 2.72. The van der Waals surface area contributed by atoms with Gasteiger partial charge in [0.05, 0.1) is 0 Å². The normalized spacial score (nSPS) is 9.46. The van der Waals surface area contributed by atoms with Crippen LogP contribution in [0, 0.1) is 0 Å². The van der Waals surface area contributed by atoms with E-state index in [4.69, 9.17) is 0 Å². The SMILES string of the molecule is CC.CC(C)N(C=O)/C=N\N(C)C. The Hall–Kier alpha value is -1.06. The van der Waals surface area contributed by atoms with E-state index >= 15 is 0 Å². The van der Waals surface area contributed by atoms with E-state index in [0.717, 1.165) is 6.41 Å². The zero-order chi connectivity index (χ0) is 10.9. The summed E-state index contributed by atoms with van der Waals surface area (Å²) in [7, 11) is 3.61. The molecule has 0 saturated carbocycles. The molecule has 78 valence electrons. The third kappa shape index (κ3) is 8.85. The molecule has 0 N–H and O–H groups in total. The van der Waals surface area contributed by atoms with Crippen LogP contribution < -0.4 is 0 Å². The van der Waals surface area contributed by atoms with Crippen LogP contribution in [0.25, 0.3) is 0 Å². The Morgan fingerprint density at radius 2 is 1.69 bits per heavy atom. The molecular weight excluding hydrogens is 166 g/mol. The highest BCUT2D eigenvalue weighted by Crippen LogP contribution is 1.89. The largest absolute Gasteiger partial charge is 0.302 e. The number of amides is 1. The predicted octanol–water partition coefficient (Wildman–Crippen LogP) is 1.38. The van der Waals surface area contributed by atoms with E-state index in [-0.39, 0.29) is 6.04 Å². The molecule has 0 saturated heterocycles. The third-order valence-corrected chi connectivity index (χ3v) is 1.13. The molecule has 4 heteroatoms. The van der Waals surface area contributed by atoms with Crippen LogP contribution >= 0.6 is 0 Å². The van der Waals surface area contributed by atoms with Gasteiger partial charge in [-0.25, -0.2) is 0 Å². The molecule has 0 spiro atoms. The lowest BCUT2D eigenvalue weighted by Gasteiger charge is -2.16. The lowest BCUT2D eigenvalue weighted by molar-refractivity contribution is -0.115. The van der Waals surface area contributed by atoms with E-state index in [0.29, 0.717) is 0 Å². The molecule has 0 aromatic carbocycles. The summed E-state index contributed by atoms with van der Waals surface area (Å²) in [5.41, 5.74) is 0. The van der Waals surface area contributed by atoms with Crippen molar-refractivity contribution in [1.82, 2.24) is 9.91 Å². The first-order valence-electron chi connectivity index (χ1n) is 4.52. The fourth-order valence-corrected chi connectivity index (χ4v) is 0.445. The van der Waals surface area contributed by atoms with Crippen molar-refractivity contribution in [1.29, 1.82) is 0 Å². The molecule has 0 rings (SSSR count). The van der Waals surface area contributed by atoms with E-state index in [9.17, 15) is 4.79 Å². The van der Waals surface area contributed by atoms with Gasteiger partial charge in [0.1, 0.15) is 6.34 Å². The van der Waals surface area contributed by atoms with Crippen molar-refractivity contribution < 1.29 is 4.79 Å². The van der Waals surface area contributed by atoms with Crippen molar-refractivity contribution >= 4 is 12.7 Å². The Kier molecular flexibility index (Phi) is 10.0. The average Bonchev–Trinajstić information content (AvgIpc) is 2.08. The smallest absolute Gasteiger partial charge is 0.215 e. The fraction of sp³-hybridized carbons (Fsp3) is 0.778. The number of nitrogens with zero attached hydrogens (tertiary/aromatic N) is 3. The molecule has 0 atom stereocenters. The standard InChI is InChI=1S/C7H15N3O.C2H6/c1-7(2)10(6-11)5-8-9(3)4;1-2/h5-7H,1-4H3;1-2H3/b8-5-;. The zero-order valence-corrected chi connectivity index (χ0v) is 9.48. The first-order valence-corrected chi connectivity index (χ1v) is 4.52. The monoisotopic (exact) mass is 187 g/mol. The van der Waals surface area contributed by atoms with Gasteiger partial charge in [-0.1, -0.05) is 13.8 Å². The van der Waals surface area contributed by atoms with Gasteiger partial charge in [0, 0.05) is 20.1 Å². The molecule has 13 heavy (non-hydrogen) atoms. The molecule has 0 heterocycles. The lowest BCUT2D eigenvalue weighted by atomic mass is 10.4. The lowest BCUT2D eigenvalue weighted by Crippen LogP contribution is -2.28. The molecule has 4 nitrogen and oxygen atoms in total. The Morgan fingerprint density at radius 3 is 1.92 bits per heavy atom. The van der Waals surface area contributed by atoms with Crippen LogP contribution in [0.2, 0.25) is 0 Å². The minimum atomic E-state index is 0.163. The van der Waals surface area contributed by atoms with Crippen LogP contribution in [-0.2, 0) is 4.79 Å². The van der Waals surface area contributed by atoms with E-state index in [2.05, 4.69) is 5.10 Å². The third-order valence-electron chi connectivity index (χ3n) is 1.13. The van der Waals surface area contributed by atoms with Gasteiger partial charge < -0.3 is 9.91 Å². The molecule has 1 amide bonds. The average molecular weight is 187 g/mol. The maximum atomic E-state index is 10.4. The first kappa shape index (κ1) is 14.5. The van der Waals surface area contributed by atoms with Gasteiger partial charge in [0.25, 0.3) is 0 Å². The molecular formula is C9H21N3O. The summed E-state index contributed by atoms with van der Waals surface area (Å²) in [6.07, 6.45) is 2.27. The maximum absolute atomic E-state index is 10.4. The molecule has 0 aliphatic carbocycles. The highest BCUT2D eigenvalue weighted by atomic mass is 16.1. The molecule has 0 aliphatic heterocycles. The molecule has 0 fully saturated rings. The Balaban J connectivity index is 0. The van der Waals surface area contributed by atoms with Crippen LogP contribution in [-0.4, -0.2) is 42.8 Å². The van der Waals surface area contributed by atoms with Crippen LogP contribution in [0.4, 0.5) is 0 Å². The number of rotatable bonds is 4. The molecule has 0 aromatic rings. The van der Waals surface area contributed by atoms with Crippen LogP contribution in [0.5, 0.6) is 0 Å². The van der Waals surface area contributed by atoms with Gasteiger partial charge in [-0.3, -0.25) is 4.79 Å². The van der Waals surface area contributed by atoms with E-state index in [1.54, 1.807) is 19.1 Å². The van der Waals surface area contributed by atoms with Crippen molar-refractivity contribution in [3.8, 4) is 0 Å². The molecule has 0 unspecified atom stereocenters. The summed E-state index contributed by atoms with van der Waals surface area (Å²) in [5, 5.41) is 5.56. The second kappa shape index (κ2) is 9.03. The van der Waals surface area contributed by atoms with Crippen LogP contribution in [0.15, 0.2) is 5.10 Å².